The fourth-order valence-corrected chi connectivity index (χ4v) is 2.06. The van der Waals surface area contributed by atoms with Gasteiger partial charge in [0.15, 0.2) is 0 Å². The summed E-state index contributed by atoms with van der Waals surface area (Å²) in [6.07, 6.45) is -3.11. The van der Waals surface area contributed by atoms with E-state index in [4.69, 9.17) is 15.2 Å². The minimum absolute atomic E-state index is 0.0758. The van der Waals surface area contributed by atoms with E-state index in [2.05, 4.69) is 0 Å². The minimum Gasteiger partial charge on any atom is -0.490 e. The maximum atomic E-state index is 12.9. The first kappa shape index (κ1) is 14.1. The van der Waals surface area contributed by atoms with Crippen LogP contribution < -0.4 is 10.5 Å². The Morgan fingerprint density at radius 3 is 2.53 bits per heavy atom. The number of ether oxygens (including phenoxy) is 2. The van der Waals surface area contributed by atoms with Gasteiger partial charge < -0.3 is 15.2 Å². The van der Waals surface area contributed by atoms with E-state index in [0.29, 0.717) is 26.1 Å². The molecule has 0 bridgehead atoms. The predicted molar refractivity (Wildman–Crippen MR) is 63.8 cm³/mol. The summed E-state index contributed by atoms with van der Waals surface area (Å²) in [5.74, 6) is 0.233. The van der Waals surface area contributed by atoms with Gasteiger partial charge in [0.05, 0.1) is 18.8 Å². The average molecular weight is 275 g/mol. The highest BCUT2D eigenvalue weighted by Crippen LogP contribution is 2.34. The largest absolute Gasteiger partial charge is 0.490 e. The van der Waals surface area contributed by atoms with Gasteiger partial charge in [-0.15, -0.1) is 0 Å². The lowest BCUT2D eigenvalue weighted by Gasteiger charge is -2.24. The van der Waals surface area contributed by atoms with Gasteiger partial charge in [0.1, 0.15) is 11.9 Å². The summed E-state index contributed by atoms with van der Waals surface area (Å²) in [5, 5.41) is 0. The molecule has 2 rings (SSSR count). The molecule has 2 N–H and O–H groups in total. The highest BCUT2D eigenvalue weighted by Gasteiger charge is 2.33. The summed E-state index contributed by atoms with van der Waals surface area (Å²) in [5.41, 5.74) is 4.68. The van der Waals surface area contributed by atoms with Crippen LogP contribution in [0.25, 0.3) is 0 Å². The van der Waals surface area contributed by atoms with Crippen LogP contribution in [0.3, 0.4) is 0 Å². The molecule has 0 aliphatic carbocycles. The maximum Gasteiger partial charge on any atom is 0.416 e. The third-order valence-electron chi connectivity index (χ3n) is 3.08. The van der Waals surface area contributed by atoms with Crippen molar-refractivity contribution in [2.45, 2.75) is 31.7 Å². The van der Waals surface area contributed by atoms with Crippen LogP contribution >= 0.6 is 0 Å². The molecule has 3 nitrogen and oxygen atoms in total. The number of halogens is 3. The van der Waals surface area contributed by atoms with Crippen LogP contribution in [0.2, 0.25) is 0 Å². The molecule has 0 unspecified atom stereocenters. The van der Waals surface area contributed by atoms with E-state index in [9.17, 15) is 13.2 Å². The Kier molecular flexibility index (Phi) is 4.31. The Balaban J connectivity index is 2.17. The number of nitrogens with two attached hydrogens (primary N) is 1. The lowest BCUT2D eigenvalue weighted by atomic mass is 10.1. The summed E-state index contributed by atoms with van der Waals surface area (Å²) in [6.45, 7) is 1.02. The molecule has 1 fully saturated rings. The molecule has 0 radical (unpaired) electrons. The Hall–Kier alpha value is -1.27. The number of alkyl halides is 3. The van der Waals surface area contributed by atoms with Crippen molar-refractivity contribution in [1.29, 1.82) is 0 Å². The predicted octanol–water partition coefficient (Wildman–Crippen LogP) is 2.72. The van der Waals surface area contributed by atoms with Crippen LogP contribution in [0.4, 0.5) is 13.2 Å². The van der Waals surface area contributed by atoms with E-state index in [0.717, 1.165) is 6.07 Å². The fraction of sp³-hybridized carbons (Fsp3) is 0.538. The van der Waals surface area contributed by atoms with E-state index in [1.165, 1.54) is 12.1 Å². The molecule has 1 saturated heterocycles. The summed E-state index contributed by atoms with van der Waals surface area (Å²) >= 11 is 0. The standard InChI is InChI=1S/C13H16F3NO2/c14-13(15,16)12-7-11(2-1-9(12)8-17)19-10-3-5-18-6-4-10/h1-2,7,10H,3-6,8,17H2. The van der Waals surface area contributed by atoms with Crippen molar-refractivity contribution in [3.63, 3.8) is 0 Å². The molecular formula is C13H16F3NO2. The lowest BCUT2D eigenvalue weighted by Crippen LogP contribution is -2.26. The lowest BCUT2D eigenvalue weighted by molar-refractivity contribution is -0.138. The molecule has 0 spiro atoms. The van der Waals surface area contributed by atoms with Crippen molar-refractivity contribution in [3.8, 4) is 5.75 Å². The first-order valence-electron chi connectivity index (χ1n) is 6.15. The zero-order chi connectivity index (χ0) is 13.9. The van der Waals surface area contributed by atoms with E-state index < -0.39 is 11.7 Å². The molecule has 1 aromatic rings. The number of hydrogen-bond acceptors (Lipinski definition) is 3. The topological polar surface area (TPSA) is 44.5 Å². The van der Waals surface area contributed by atoms with Gasteiger partial charge >= 0.3 is 6.18 Å². The van der Waals surface area contributed by atoms with E-state index in [1.807, 2.05) is 0 Å². The Bertz CT molecular complexity index is 428. The molecule has 19 heavy (non-hydrogen) atoms. The zero-order valence-corrected chi connectivity index (χ0v) is 10.4. The van der Waals surface area contributed by atoms with Gasteiger partial charge in [-0.05, 0) is 17.7 Å². The quantitative estimate of drug-likeness (QED) is 0.922. The van der Waals surface area contributed by atoms with Crippen molar-refractivity contribution in [2.75, 3.05) is 13.2 Å². The smallest absolute Gasteiger partial charge is 0.416 e. The van der Waals surface area contributed by atoms with Gasteiger partial charge in [-0.1, -0.05) is 6.07 Å². The Morgan fingerprint density at radius 2 is 1.95 bits per heavy atom. The molecule has 0 aromatic heterocycles. The summed E-state index contributed by atoms with van der Waals surface area (Å²) in [7, 11) is 0. The van der Waals surface area contributed by atoms with Gasteiger partial charge in [-0.3, -0.25) is 0 Å². The molecule has 0 atom stereocenters. The van der Waals surface area contributed by atoms with Crippen molar-refractivity contribution in [3.05, 3.63) is 29.3 Å². The van der Waals surface area contributed by atoms with Crippen LogP contribution in [0.1, 0.15) is 24.0 Å². The molecule has 0 amide bonds. The molecule has 1 aliphatic heterocycles. The van der Waals surface area contributed by atoms with Crippen LogP contribution in [0.5, 0.6) is 5.75 Å². The second kappa shape index (κ2) is 5.79. The Labute approximate surface area is 109 Å². The monoisotopic (exact) mass is 275 g/mol. The highest BCUT2D eigenvalue weighted by atomic mass is 19.4. The number of hydrogen-bond donors (Lipinski definition) is 1. The van der Waals surface area contributed by atoms with Crippen LogP contribution in [0, 0.1) is 0 Å². The number of rotatable bonds is 3. The van der Waals surface area contributed by atoms with Crippen LogP contribution in [-0.4, -0.2) is 19.3 Å². The van der Waals surface area contributed by atoms with Gasteiger partial charge in [0.2, 0.25) is 0 Å². The van der Waals surface area contributed by atoms with Crippen molar-refractivity contribution in [2.24, 2.45) is 5.73 Å². The summed E-state index contributed by atoms with van der Waals surface area (Å²) in [4.78, 5) is 0. The average Bonchev–Trinajstić information content (AvgIpc) is 2.39. The highest BCUT2D eigenvalue weighted by molar-refractivity contribution is 5.37. The Morgan fingerprint density at radius 1 is 1.26 bits per heavy atom. The molecular weight excluding hydrogens is 259 g/mol. The van der Waals surface area contributed by atoms with E-state index >= 15 is 0 Å². The third kappa shape index (κ3) is 3.61. The minimum atomic E-state index is -4.41. The summed E-state index contributed by atoms with van der Waals surface area (Å²) in [6, 6.07) is 3.93. The van der Waals surface area contributed by atoms with Gasteiger partial charge in [0, 0.05) is 19.4 Å². The maximum absolute atomic E-state index is 12.9. The van der Waals surface area contributed by atoms with Gasteiger partial charge in [0.25, 0.3) is 0 Å². The van der Waals surface area contributed by atoms with Gasteiger partial charge in [-0.2, -0.15) is 13.2 Å². The molecule has 6 heteroatoms. The molecule has 1 heterocycles. The van der Waals surface area contributed by atoms with Crippen molar-refractivity contribution in [1.82, 2.24) is 0 Å². The third-order valence-corrected chi connectivity index (χ3v) is 3.08. The fourth-order valence-electron chi connectivity index (χ4n) is 2.06. The normalized spacial score (nSPS) is 17.5. The second-order valence-corrected chi connectivity index (χ2v) is 4.45. The molecule has 1 aliphatic rings. The van der Waals surface area contributed by atoms with Crippen molar-refractivity contribution < 1.29 is 22.6 Å². The van der Waals surface area contributed by atoms with Crippen LogP contribution in [0.15, 0.2) is 18.2 Å². The number of benzene rings is 1. The first-order valence-corrected chi connectivity index (χ1v) is 6.15. The van der Waals surface area contributed by atoms with Gasteiger partial charge in [-0.25, -0.2) is 0 Å². The summed E-state index contributed by atoms with van der Waals surface area (Å²) < 4.78 is 49.3. The molecule has 106 valence electrons. The molecule has 1 aromatic carbocycles. The van der Waals surface area contributed by atoms with Crippen LogP contribution in [-0.2, 0) is 17.5 Å². The SMILES string of the molecule is NCc1ccc(OC2CCOCC2)cc1C(F)(F)F. The zero-order valence-electron chi connectivity index (χ0n) is 10.4. The van der Waals surface area contributed by atoms with E-state index in [-0.39, 0.29) is 24.0 Å². The van der Waals surface area contributed by atoms with E-state index in [1.54, 1.807) is 0 Å². The molecule has 0 saturated carbocycles. The van der Waals surface area contributed by atoms with Crippen molar-refractivity contribution >= 4 is 0 Å². The second-order valence-electron chi connectivity index (χ2n) is 4.45. The first-order chi connectivity index (χ1) is 9.00.